The lowest BCUT2D eigenvalue weighted by Gasteiger charge is -2.35. The molecule has 3 aromatic rings. The standard InChI is InChI=1S/C32H38BrN9O6/c1-18-13-40(14-19(2)48-18)31(44)25-8-22(33)9-27(42(46)47)29(25)36-24-10-28(32(45)39-6-5-26-21(16-39)15-38(4)37-26)41(17-24)30(43)20-7-23(34-3)12-35-11-20/h7-9,11-12,15,18-19,24,28,34,36H,5-6,10,13-14,16-17H2,1-4H3/t18-,19+,24-,28+/m1/s1. The third-order valence-corrected chi connectivity index (χ3v) is 9.43. The zero-order valence-electron chi connectivity index (χ0n) is 27.2. The molecule has 2 aromatic heterocycles. The van der Waals surface area contributed by atoms with Gasteiger partial charge in [-0.1, -0.05) is 15.9 Å². The van der Waals surface area contributed by atoms with Gasteiger partial charge in [-0.2, -0.15) is 5.10 Å². The summed E-state index contributed by atoms with van der Waals surface area (Å²) in [6, 6.07) is 3.13. The van der Waals surface area contributed by atoms with Gasteiger partial charge in [-0.05, 0) is 32.4 Å². The second-order valence-corrected chi connectivity index (χ2v) is 13.5. The average Bonchev–Trinajstić information content (AvgIpc) is 3.65. The van der Waals surface area contributed by atoms with Gasteiger partial charge in [0.05, 0.1) is 39.6 Å². The lowest BCUT2D eigenvalue weighted by molar-refractivity contribution is -0.384. The van der Waals surface area contributed by atoms with E-state index in [1.54, 1.807) is 39.9 Å². The topological polar surface area (TPSA) is 168 Å². The second-order valence-electron chi connectivity index (χ2n) is 12.6. The fraction of sp³-hybridized carbons (Fsp3) is 0.469. The third-order valence-electron chi connectivity index (χ3n) is 8.97. The van der Waals surface area contributed by atoms with Crippen LogP contribution < -0.4 is 10.6 Å². The van der Waals surface area contributed by atoms with Crippen molar-refractivity contribution in [2.24, 2.45) is 7.05 Å². The van der Waals surface area contributed by atoms with Crippen molar-refractivity contribution in [3.8, 4) is 0 Å². The van der Waals surface area contributed by atoms with Gasteiger partial charge in [-0.15, -0.1) is 0 Å². The van der Waals surface area contributed by atoms with Crippen LogP contribution in [0.25, 0.3) is 0 Å². The van der Waals surface area contributed by atoms with Gasteiger partial charge in [-0.3, -0.25) is 34.2 Å². The number of anilines is 2. The monoisotopic (exact) mass is 723 g/mol. The van der Waals surface area contributed by atoms with E-state index in [1.807, 2.05) is 27.1 Å². The molecule has 5 heterocycles. The number of nitrogens with zero attached hydrogens (tertiary/aromatic N) is 7. The van der Waals surface area contributed by atoms with Crippen molar-refractivity contribution in [2.45, 2.75) is 57.5 Å². The summed E-state index contributed by atoms with van der Waals surface area (Å²) >= 11 is 3.35. The van der Waals surface area contributed by atoms with Crippen molar-refractivity contribution in [1.82, 2.24) is 29.5 Å². The molecule has 0 aliphatic carbocycles. The second kappa shape index (κ2) is 13.5. The highest BCUT2D eigenvalue weighted by atomic mass is 79.9. The predicted octanol–water partition coefficient (Wildman–Crippen LogP) is 3.06. The molecule has 48 heavy (non-hydrogen) atoms. The van der Waals surface area contributed by atoms with Gasteiger partial charge in [0.15, 0.2) is 0 Å². The van der Waals surface area contributed by atoms with Crippen molar-refractivity contribution in [3.05, 3.63) is 73.8 Å². The molecule has 0 bridgehead atoms. The summed E-state index contributed by atoms with van der Waals surface area (Å²) in [5.74, 6) is -0.991. The molecular formula is C32H38BrN9O6. The molecule has 2 N–H and O–H groups in total. The molecule has 1 aromatic carbocycles. The zero-order valence-corrected chi connectivity index (χ0v) is 28.8. The number of fused-ring (bicyclic) bond motifs is 1. The predicted molar refractivity (Wildman–Crippen MR) is 180 cm³/mol. The maximum Gasteiger partial charge on any atom is 0.294 e. The Balaban J connectivity index is 1.33. The zero-order chi connectivity index (χ0) is 34.3. The van der Waals surface area contributed by atoms with E-state index >= 15 is 0 Å². The number of nitro groups is 1. The highest BCUT2D eigenvalue weighted by Gasteiger charge is 2.44. The van der Waals surface area contributed by atoms with E-state index in [1.165, 1.54) is 17.2 Å². The largest absolute Gasteiger partial charge is 0.387 e. The van der Waals surface area contributed by atoms with Gasteiger partial charge < -0.3 is 30.1 Å². The number of pyridine rings is 1. The van der Waals surface area contributed by atoms with E-state index in [-0.39, 0.29) is 59.8 Å². The molecule has 4 atom stereocenters. The first-order valence-electron chi connectivity index (χ1n) is 15.8. The van der Waals surface area contributed by atoms with E-state index < -0.39 is 17.0 Å². The normalized spacial score (nSPS) is 22.3. The fourth-order valence-electron chi connectivity index (χ4n) is 6.88. The maximum absolute atomic E-state index is 14.2. The van der Waals surface area contributed by atoms with E-state index in [4.69, 9.17) is 4.74 Å². The lowest BCUT2D eigenvalue weighted by Crippen LogP contribution is -2.49. The Morgan fingerprint density at radius 2 is 1.81 bits per heavy atom. The van der Waals surface area contributed by atoms with E-state index in [9.17, 15) is 24.5 Å². The first-order chi connectivity index (χ1) is 22.9. The number of likely N-dealkylation sites (tertiary alicyclic amines) is 1. The Morgan fingerprint density at radius 1 is 1.06 bits per heavy atom. The summed E-state index contributed by atoms with van der Waals surface area (Å²) in [5, 5.41) is 23.1. The number of carbonyl (C=O) groups is 3. The Kier molecular flexibility index (Phi) is 9.38. The molecule has 0 unspecified atom stereocenters. The minimum atomic E-state index is -0.860. The van der Waals surface area contributed by atoms with Crippen molar-refractivity contribution < 1.29 is 24.0 Å². The molecule has 2 fully saturated rings. The van der Waals surface area contributed by atoms with E-state index in [0.29, 0.717) is 48.3 Å². The van der Waals surface area contributed by atoms with Crippen LogP contribution in [0.5, 0.6) is 0 Å². The number of ether oxygens (including phenoxy) is 1. The molecule has 3 amide bonds. The number of aromatic nitrogens is 3. The van der Waals surface area contributed by atoms with Crippen molar-refractivity contribution >= 4 is 50.7 Å². The smallest absolute Gasteiger partial charge is 0.294 e. The average molecular weight is 725 g/mol. The number of rotatable bonds is 7. The molecule has 2 saturated heterocycles. The van der Waals surface area contributed by atoms with Crippen LogP contribution in [-0.4, -0.2) is 110 Å². The quantitative estimate of drug-likeness (QED) is 0.273. The number of halogens is 1. The van der Waals surface area contributed by atoms with Crippen LogP contribution >= 0.6 is 15.9 Å². The number of aryl methyl sites for hydroxylation is 1. The van der Waals surface area contributed by atoms with Crippen LogP contribution in [-0.2, 0) is 29.5 Å². The highest BCUT2D eigenvalue weighted by molar-refractivity contribution is 9.10. The summed E-state index contributed by atoms with van der Waals surface area (Å²) in [5.41, 5.74) is 2.71. The Labute approximate surface area is 285 Å². The third kappa shape index (κ3) is 6.71. The number of benzene rings is 1. The molecule has 3 aliphatic heterocycles. The highest BCUT2D eigenvalue weighted by Crippen LogP contribution is 2.36. The molecule has 0 radical (unpaired) electrons. The number of nitro benzene ring substituents is 1. The molecule has 3 aliphatic rings. The van der Waals surface area contributed by atoms with Crippen molar-refractivity contribution in [1.29, 1.82) is 0 Å². The summed E-state index contributed by atoms with van der Waals surface area (Å²) in [4.78, 5) is 63.1. The van der Waals surface area contributed by atoms with Gasteiger partial charge in [-0.25, -0.2) is 0 Å². The molecule has 254 valence electrons. The van der Waals surface area contributed by atoms with Crippen LogP contribution in [0.3, 0.4) is 0 Å². The minimum absolute atomic E-state index is 0.0438. The SMILES string of the molecule is CNc1cncc(C(=O)N2C[C@H](Nc3c(C(=O)N4C[C@@H](C)O[C@@H](C)C4)cc(Br)cc3[N+](=O)[O-])C[C@H]2C(=O)N2CCc3nn(C)cc3C2)c1. The molecule has 0 spiro atoms. The summed E-state index contributed by atoms with van der Waals surface area (Å²) < 4.78 is 7.91. The van der Waals surface area contributed by atoms with Gasteiger partial charge in [0.1, 0.15) is 11.7 Å². The van der Waals surface area contributed by atoms with Gasteiger partial charge in [0.25, 0.3) is 17.5 Å². The number of morpholine rings is 1. The molecule has 16 heteroatoms. The van der Waals surface area contributed by atoms with Crippen LogP contribution in [0.4, 0.5) is 17.1 Å². The number of nitrogens with one attached hydrogen (secondary N) is 2. The first-order valence-corrected chi connectivity index (χ1v) is 16.6. The van der Waals surface area contributed by atoms with Gasteiger partial charge in [0.2, 0.25) is 5.91 Å². The number of carbonyl (C=O) groups excluding carboxylic acids is 3. The van der Waals surface area contributed by atoms with Gasteiger partial charge in [0, 0.05) is 94.0 Å². The summed E-state index contributed by atoms with van der Waals surface area (Å²) in [6.45, 7) is 5.29. The summed E-state index contributed by atoms with van der Waals surface area (Å²) in [7, 11) is 3.56. The lowest BCUT2D eigenvalue weighted by atomic mass is 10.0. The number of hydrogen-bond acceptors (Lipinski definition) is 10. The Morgan fingerprint density at radius 3 is 2.52 bits per heavy atom. The van der Waals surface area contributed by atoms with Crippen LogP contribution in [0.2, 0.25) is 0 Å². The van der Waals surface area contributed by atoms with E-state index in [0.717, 1.165) is 11.3 Å². The van der Waals surface area contributed by atoms with Crippen molar-refractivity contribution in [3.63, 3.8) is 0 Å². The first kappa shape index (κ1) is 33.3. The number of amides is 3. The van der Waals surface area contributed by atoms with Crippen molar-refractivity contribution in [2.75, 3.05) is 43.9 Å². The van der Waals surface area contributed by atoms with Crippen LogP contribution in [0.1, 0.15) is 52.2 Å². The molecule has 15 nitrogen and oxygen atoms in total. The molecular weight excluding hydrogens is 686 g/mol. The van der Waals surface area contributed by atoms with Crippen LogP contribution in [0, 0.1) is 10.1 Å². The maximum atomic E-state index is 14.2. The fourth-order valence-corrected chi connectivity index (χ4v) is 7.33. The molecule has 6 rings (SSSR count). The summed E-state index contributed by atoms with van der Waals surface area (Å²) in [6.07, 6.45) is 5.30. The van der Waals surface area contributed by atoms with E-state index in [2.05, 4.69) is 36.6 Å². The number of hydrogen-bond donors (Lipinski definition) is 2. The minimum Gasteiger partial charge on any atom is -0.387 e. The molecule has 0 saturated carbocycles. The Bertz CT molecular complexity index is 1760. The Hall–Kier alpha value is -4.57. The van der Waals surface area contributed by atoms with Crippen LogP contribution in [0.15, 0.2) is 41.3 Å². The van der Waals surface area contributed by atoms with Gasteiger partial charge >= 0.3 is 0 Å².